The molecule has 0 N–H and O–H groups in total. The van der Waals surface area contributed by atoms with Crippen molar-refractivity contribution in [3.63, 3.8) is 0 Å². The first-order valence-corrected chi connectivity index (χ1v) is 8.27. The Morgan fingerprint density at radius 3 is 2.50 bits per heavy atom. The van der Waals surface area contributed by atoms with Gasteiger partial charge in [-0.2, -0.15) is 0 Å². The van der Waals surface area contributed by atoms with Crippen molar-refractivity contribution >= 4 is 17.5 Å². The number of carbonyl (C=O) groups is 1. The van der Waals surface area contributed by atoms with Crippen LogP contribution in [-0.2, 0) is 0 Å². The number of hydrogen-bond donors (Lipinski definition) is 0. The molecule has 2 aliphatic heterocycles. The van der Waals surface area contributed by atoms with E-state index in [1.54, 1.807) is 24.3 Å². The number of hydrogen-bond acceptors (Lipinski definition) is 4. The van der Waals surface area contributed by atoms with Crippen LogP contribution in [0.4, 0.5) is 5.69 Å². The molecule has 0 atom stereocenters. The third-order valence-electron chi connectivity index (χ3n) is 4.45. The summed E-state index contributed by atoms with van der Waals surface area (Å²) in [5, 5.41) is 0. The predicted molar refractivity (Wildman–Crippen MR) is 93.8 cm³/mol. The van der Waals surface area contributed by atoms with Gasteiger partial charge < -0.3 is 14.4 Å². The van der Waals surface area contributed by atoms with Crippen molar-refractivity contribution in [2.45, 2.75) is 12.8 Å². The number of rotatable bonds is 4. The fourth-order valence-electron chi connectivity index (χ4n) is 3.09. The second-order valence-corrected chi connectivity index (χ2v) is 6.05. The molecule has 1 fully saturated rings. The molecule has 2 aliphatic rings. The molecular formula is C20H19NO3. The van der Waals surface area contributed by atoms with Crippen molar-refractivity contribution in [3.8, 4) is 11.5 Å². The predicted octanol–water partition coefficient (Wildman–Crippen LogP) is 3.91. The Bertz CT molecular complexity index is 774. The minimum atomic E-state index is -0.0445. The van der Waals surface area contributed by atoms with Gasteiger partial charge in [0.1, 0.15) is 0 Å². The second-order valence-electron chi connectivity index (χ2n) is 6.05. The van der Waals surface area contributed by atoms with Gasteiger partial charge >= 0.3 is 0 Å². The zero-order valence-corrected chi connectivity index (χ0v) is 13.4. The first-order valence-electron chi connectivity index (χ1n) is 8.27. The number of ketones is 1. The summed E-state index contributed by atoms with van der Waals surface area (Å²) < 4.78 is 10.6. The van der Waals surface area contributed by atoms with Crippen LogP contribution in [0.15, 0.2) is 48.5 Å². The fourth-order valence-corrected chi connectivity index (χ4v) is 3.09. The van der Waals surface area contributed by atoms with E-state index in [9.17, 15) is 4.79 Å². The highest BCUT2D eigenvalue weighted by atomic mass is 16.7. The van der Waals surface area contributed by atoms with Gasteiger partial charge in [-0.05, 0) is 54.8 Å². The number of fused-ring (bicyclic) bond motifs is 1. The standard InChI is InChI=1S/C20H19NO3/c22-18(16-6-10-19-20(13-16)24-14-23-19)9-5-15-3-7-17(8-4-15)21-11-1-2-12-21/h3-10,13H,1-2,11-12,14H2/b9-5+. The fraction of sp³-hybridized carbons (Fsp3) is 0.250. The van der Waals surface area contributed by atoms with Crippen LogP contribution < -0.4 is 14.4 Å². The van der Waals surface area contributed by atoms with E-state index in [0.717, 1.165) is 18.7 Å². The number of nitrogens with zero attached hydrogens (tertiary/aromatic N) is 1. The summed E-state index contributed by atoms with van der Waals surface area (Å²) in [5.74, 6) is 1.27. The van der Waals surface area contributed by atoms with Gasteiger partial charge in [-0.25, -0.2) is 0 Å². The maximum atomic E-state index is 12.3. The Morgan fingerprint density at radius 2 is 1.71 bits per heavy atom. The minimum Gasteiger partial charge on any atom is -0.454 e. The molecule has 4 heteroatoms. The van der Waals surface area contributed by atoms with E-state index in [0.29, 0.717) is 17.1 Å². The summed E-state index contributed by atoms with van der Waals surface area (Å²) in [5.41, 5.74) is 2.88. The van der Waals surface area contributed by atoms with E-state index < -0.39 is 0 Å². The van der Waals surface area contributed by atoms with Crippen molar-refractivity contribution < 1.29 is 14.3 Å². The van der Waals surface area contributed by atoms with Gasteiger partial charge in [0.05, 0.1) is 0 Å². The molecule has 0 aromatic heterocycles. The smallest absolute Gasteiger partial charge is 0.231 e. The van der Waals surface area contributed by atoms with Gasteiger partial charge in [0.2, 0.25) is 6.79 Å². The number of ether oxygens (including phenoxy) is 2. The zero-order valence-electron chi connectivity index (χ0n) is 13.4. The van der Waals surface area contributed by atoms with E-state index in [1.165, 1.54) is 18.5 Å². The van der Waals surface area contributed by atoms with Crippen LogP contribution in [0, 0.1) is 0 Å². The van der Waals surface area contributed by atoms with Gasteiger partial charge in [-0.3, -0.25) is 4.79 Å². The highest BCUT2D eigenvalue weighted by molar-refractivity contribution is 6.07. The Balaban J connectivity index is 1.45. The quantitative estimate of drug-likeness (QED) is 0.632. The molecule has 0 bridgehead atoms. The van der Waals surface area contributed by atoms with Crippen LogP contribution in [0.5, 0.6) is 11.5 Å². The molecule has 0 aliphatic carbocycles. The minimum absolute atomic E-state index is 0.0445. The lowest BCUT2D eigenvalue weighted by atomic mass is 10.1. The lowest BCUT2D eigenvalue weighted by Gasteiger charge is -2.17. The SMILES string of the molecule is O=C(/C=C/c1ccc(N2CCCC2)cc1)c1ccc2c(c1)OCO2. The Hall–Kier alpha value is -2.75. The molecule has 2 heterocycles. The molecule has 1 saturated heterocycles. The summed E-state index contributed by atoms with van der Waals surface area (Å²) >= 11 is 0. The molecule has 122 valence electrons. The Kier molecular flexibility index (Phi) is 3.95. The van der Waals surface area contributed by atoms with Gasteiger partial charge in [0.25, 0.3) is 0 Å². The van der Waals surface area contributed by atoms with Crippen molar-refractivity contribution in [2.75, 3.05) is 24.8 Å². The van der Waals surface area contributed by atoms with Crippen LogP contribution >= 0.6 is 0 Å². The van der Waals surface area contributed by atoms with Gasteiger partial charge in [0.15, 0.2) is 17.3 Å². The molecule has 2 aromatic rings. The lowest BCUT2D eigenvalue weighted by molar-refractivity contribution is 0.104. The first kappa shape index (κ1) is 14.8. The molecule has 0 radical (unpaired) electrons. The monoisotopic (exact) mass is 321 g/mol. The summed E-state index contributed by atoms with van der Waals surface area (Å²) in [6.07, 6.45) is 5.99. The zero-order chi connectivity index (χ0) is 16.4. The van der Waals surface area contributed by atoms with Crippen molar-refractivity contribution in [1.29, 1.82) is 0 Å². The maximum Gasteiger partial charge on any atom is 0.231 e. The largest absolute Gasteiger partial charge is 0.454 e. The van der Waals surface area contributed by atoms with Crippen molar-refractivity contribution in [1.82, 2.24) is 0 Å². The maximum absolute atomic E-state index is 12.3. The summed E-state index contributed by atoms with van der Waals surface area (Å²) in [4.78, 5) is 14.7. The van der Waals surface area contributed by atoms with Crippen LogP contribution in [0.25, 0.3) is 6.08 Å². The third-order valence-corrected chi connectivity index (χ3v) is 4.45. The summed E-state index contributed by atoms with van der Waals surface area (Å²) in [6.45, 7) is 2.49. The molecule has 0 spiro atoms. The van der Waals surface area contributed by atoms with Crippen LogP contribution in [0.1, 0.15) is 28.8 Å². The lowest BCUT2D eigenvalue weighted by Crippen LogP contribution is -2.17. The van der Waals surface area contributed by atoms with E-state index in [2.05, 4.69) is 29.2 Å². The number of allylic oxidation sites excluding steroid dienone is 1. The molecule has 24 heavy (non-hydrogen) atoms. The number of anilines is 1. The summed E-state index contributed by atoms with van der Waals surface area (Å²) in [7, 11) is 0. The van der Waals surface area contributed by atoms with Crippen LogP contribution in [0.2, 0.25) is 0 Å². The average Bonchev–Trinajstić information content (AvgIpc) is 3.30. The van der Waals surface area contributed by atoms with Gasteiger partial charge in [-0.15, -0.1) is 0 Å². The highest BCUT2D eigenvalue weighted by Gasteiger charge is 2.15. The molecule has 4 rings (SSSR count). The molecule has 4 nitrogen and oxygen atoms in total. The molecule has 2 aromatic carbocycles. The molecule has 0 saturated carbocycles. The van der Waals surface area contributed by atoms with Crippen molar-refractivity contribution in [3.05, 3.63) is 59.7 Å². The number of carbonyl (C=O) groups excluding carboxylic acids is 1. The van der Waals surface area contributed by atoms with Gasteiger partial charge in [0, 0.05) is 24.3 Å². The topological polar surface area (TPSA) is 38.8 Å². The molecular weight excluding hydrogens is 302 g/mol. The molecule has 0 unspecified atom stereocenters. The highest BCUT2D eigenvalue weighted by Crippen LogP contribution is 2.32. The summed E-state index contributed by atoms with van der Waals surface area (Å²) in [6, 6.07) is 13.6. The van der Waals surface area contributed by atoms with Crippen LogP contribution in [-0.4, -0.2) is 25.7 Å². The Labute approximate surface area is 141 Å². The van der Waals surface area contributed by atoms with E-state index >= 15 is 0 Å². The van der Waals surface area contributed by atoms with E-state index in [1.807, 2.05) is 6.08 Å². The Morgan fingerprint density at radius 1 is 0.958 bits per heavy atom. The van der Waals surface area contributed by atoms with Crippen molar-refractivity contribution in [2.24, 2.45) is 0 Å². The van der Waals surface area contributed by atoms with E-state index in [4.69, 9.17) is 9.47 Å². The second kappa shape index (κ2) is 6.40. The number of benzene rings is 2. The normalized spacial score (nSPS) is 16.1. The third kappa shape index (κ3) is 3.00. The van der Waals surface area contributed by atoms with E-state index in [-0.39, 0.29) is 12.6 Å². The van der Waals surface area contributed by atoms with Gasteiger partial charge in [-0.1, -0.05) is 18.2 Å². The average molecular weight is 321 g/mol. The van der Waals surface area contributed by atoms with Crippen LogP contribution in [0.3, 0.4) is 0 Å². The molecule has 0 amide bonds. The first-order chi connectivity index (χ1) is 11.8.